The molecule has 6 heteroatoms. The van der Waals surface area contributed by atoms with Gasteiger partial charge in [0.1, 0.15) is 12.7 Å². The minimum Gasteiger partial charge on any atom is -0.493 e. The Hall–Kier alpha value is -2.15. The molecule has 0 amide bonds. The number of hydrogen-bond donors (Lipinski definition) is 1. The molecule has 0 saturated carbocycles. The minimum absolute atomic E-state index is 0.241. The fourth-order valence-corrected chi connectivity index (χ4v) is 3.26. The molecule has 0 radical (unpaired) electrons. The van der Waals surface area contributed by atoms with Crippen LogP contribution in [-0.4, -0.2) is 66.4 Å². The number of aliphatic hydroxyl groups excluding tert-OH is 1. The first-order valence-corrected chi connectivity index (χ1v) is 10.3. The van der Waals surface area contributed by atoms with Crippen molar-refractivity contribution >= 4 is 0 Å². The number of pyridine rings is 1. The van der Waals surface area contributed by atoms with E-state index >= 15 is 0 Å². The number of rotatable bonds is 12. The Morgan fingerprint density at radius 2 is 1.86 bits per heavy atom. The standard InChI is InChI=1S/C23H35N3O3/c1-6-26(7-2)15-20(27)17-29-22-11-10-19(13-23(22)28-5)14-25(4)16-21-18(3)9-8-12-24-21/h8-13,20,27H,6-7,14-17H2,1-5H3/t20-/m0/s1. The molecule has 0 fully saturated rings. The molecule has 1 aromatic heterocycles. The van der Waals surface area contributed by atoms with Crippen LogP contribution >= 0.6 is 0 Å². The van der Waals surface area contributed by atoms with Gasteiger partial charge in [-0.25, -0.2) is 0 Å². The SMILES string of the molecule is CCN(CC)C[C@H](O)COc1ccc(CN(C)Cc2ncccc2C)cc1OC. The van der Waals surface area contributed by atoms with E-state index in [1.807, 2.05) is 30.5 Å². The molecule has 0 aliphatic rings. The zero-order valence-electron chi connectivity index (χ0n) is 18.4. The van der Waals surface area contributed by atoms with Crippen molar-refractivity contribution in [2.45, 2.75) is 40.0 Å². The zero-order valence-corrected chi connectivity index (χ0v) is 18.4. The predicted octanol–water partition coefficient (Wildman–Crippen LogP) is 3.11. The second-order valence-corrected chi connectivity index (χ2v) is 7.38. The van der Waals surface area contributed by atoms with Crippen LogP contribution in [-0.2, 0) is 13.1 Å². The van der Waals surface area contributed by atoms with Gasteiger partial charge in [0.2, 0.25) is 0 Å². The molecule has 2 rings (SSSR count). The van der Waals surface area contributed by atoms with E-state index in [2.05, 4.69) is 48.7 Å². The van der Waals surface area contributed by atoms with Crippen LogP contribution in [0.15, 0.2) is 36.5 Å². The molecule has 0 spiro atoms. The Morgan fingerprint density at radius 1 is 1.10 bits per heavy atom. The quantitative estimate of drug-likeness (QED) is 0.590. The molecule has 0 unspecified atom stereocenters. The van der Waals surface area contributed by atoms with Crippen molar-refractivity contribution in [2.75, 3.05) is 40.4 Å². The van der Waals surface area contributed by atoms with Gasteiger partial charge in [-0.1, -0.05) is 26.0 Å². The third-order valence-electron chi connectivity index (χ3n) is 5.01. The maximum absolute atomic E-state index is 10.2. The summed E-state index contributed by atoms with van der Waals surface area (Å²) in [6.07, 6.45) is 1.30. The van der Waals surface area contributed by atoms with Gasteiger partial charge in [0, 0.05) is 25.8 Å². The summed E-state index contributed by atoms with van der Waals surface area (Å²) in [5, 5.41) is 10.2. The average Bonchev–Trinajstić information content (AvgIpc) is 2.72. The molecule has 6 nitrogen and oxygen atoms in total. The van der Waals surface area contributed by atoms with E-state index in [9.17, 15) is 5.11 Å². The molecule has 29 heavy (non-hydrogen) atoms. The van der Waals surface area contributed by atoms with Gasteiger partial charge in [0.15, 0.2) is 11.5 Å². The summed E-state index contributed by atoms with van der Waals surface area (Å²) in [5.74, 6) is 1.33. The van der Waals surface area contributed by atoms with Crippen molar-refractivity contribution in [3.63, 3.8) is 0 Å². The first-order valence-electron chi connectivity index (χ1n) is 10.3. The highest BCUT2D eigenvalue weighted by Crippen LogP contribution is 2.29. The number of ether oxygens (including phenoxy) is 2. The second-order valence-electron chi connectivity index (χ2n) is 7.38. The van der Waals surface area contributed by atoms with E-state index in [1.165, 1.54) is 5.56 Å². The highest BCUT2D eigenvalue weighted by atomic mass is 16.5. The molecule has 0 aliphatic carbocycles. The number of likely N-dealkylation sites (N-methyl/N-ethyl adjacent to an activating group) is 1. The van der Waals surface area contributed by atoms with Crippen LogP contribution in [0, 0.1) is 6.92 Å². The fraction of sp³-hybridized carbons (Fsp3) is 0.522. The molecule has 0 bridgehead atoms. The van der Waals surface area contributed by atoms with Gasteiger partial charge in [0.25, 0.3) is 0 Å². The van der Waals surface area contributed by atoms with Gasteiger partial charge < -0.3 is 19.5 Å². The molecule has 160 valence electrons. The predicted molar refractivity (Wildman–Crippen MR) is 116 cm³/mol. The number of aryl methyl sites for hydroxylation is 1. The maximum atomic E-state index is 10.2. The summed E-state index contributed by atoms with van der Waals surface area (Å²) in [6, 6.07) is 9.99. The Labute approximate surface area is 175 Å². The lowest BCUT2D eigenvalue weighted by Gasteiger charge is -2.22. The zero-order chi connectivity index (χ0) is 21.2. The van der Waals surface area contributed by atoms with Gasteiger partial charge >= 0.3 is 0 Å². The lowest BCUT2D eigenvalue weighted by Crippen LogP contribution is -2.35. The lowest BCUT2D eigenvalue weighted by molar-refractivity contribution is 0.0705. The van der Waals surface area contributed by atoms with Crippen molar-refractivity contribution < 1.29 is 14.6 Å². The third kappa shape index (κ3) is 7.31. The van der Waals surface area contributed by atoms with E-state index < -0.39 is 6.10 Å². The van der Waals surface area contributed by atoms with Crippen LogP contribution in [0.2, 0.25) is 0 Å². The van der Waals surface area contributed by atoms with Crippen LogP contribution in [0.5, 0.6) is 11.5 Å². The van der Waals surface area contributed by atoms with Crippen LogP contribution in [0.3, 0.4) is 0 Å². The van der Waals surface area contributed by atoms with Crippen molar-refractivity contribution in [1.29, 1.82) is 0 Å². The molecular weight excluding hydrogens is 366 g/mol. The van der Waals surface area contributed by atoms with E-state index in [4.69, 9.17) is 9.47 Å². The minimum atomic E-state index is -0.535. The van der Waals surface area contributed by atoms with Crippen LogP contribution < -0.4 is 9.47 Å². The molecule has 1 aromatic carbocycles. The average molecular weight is 402 g/mol. The van der Waals surface area contributed by atoms with Crippen LogP contribution in [0.25, 0.3) is 0 Å². The Bertz CT molecular complexity index is 750. The Morgan fingerprint density at radius 3 is 2.52 bits per heavy atom. The number of aliphatic hydroxyl groups is 1. The molecule has 2 aromatic rings. The van der Waals surface area contributed by atoms with Crippen molar-refractivity contribution in [1.82, 2.24) is 14.8 Å². The number of hydrogen-bond acceptors (Lipinski definition) is 6. The van der Waals surface area contributed by atoms with Crippen molar-refractivity contribution in [3.8, 4) is 11.5 Å². The van der Waals surface area contributed by atoms with Gasteiger partial charge in [-0.15, -0.1) is 0 Å². The van der Waals surface area contributed by atoms with Gasteiger partial charge in [0.05, 0.1) is 12.8 Å². The third-order valence-corrected chi connectivity index (χ3v) is 5.01. The van der Waals surface area contributed by atoms with Crippen molar-refractivity contribution in [3.05, 3.63) is 53.3 Å². The Balaban J connectivity index is 1.94. The van der Waals surface area contributed by atoms with E-state index in [0.717, 1.165) is 37.4 Å². The van der Waals surface area contributed by atoms with Crippen LogP contribution in [0.4, 0.5) is 0 Å². The topological polar surface area (TPSA) is 58.1 Å². The maximum Gasteiger partial charge on any atom is 0.161 e. The highest BCUT2D eigenvalue weighted by Gasteiger charge is 2.13. The summed E-state index contributed by atoms with van der Waals surface area (Å²) in [6.45, 7) is 10.5. The van der Waals surface area contributed by atoms with Crippen LogP contribution in [0.1, 0.15) is 30.7 Å². The summed E-state index contributed by atoms with van der Waals surface area (Å²) in [4.78, 5) is 8.86. The number of benzene rings is 1. The molecule has 1 atom stereocenters. The second kappa shape index (κ2) is 11.8. The number of aromatic nitrogens is 1. The summed E-state index contributed by atoms with van der Waals surface area (Å²) in [7, 11) is 3.72. The molecule has 1 N–H and O–H groups in total. The normalized spacial score (nSPS) is 12.4. The Kier molecular flexibility index (Phi) is 9.38. The van der Waals surface area contributed by atoms with Gasteiger partial charge in [-0.3, -0.25) is 9.88 Å². The van der Waals surface area contributed by atoms with Gasteiger partial charge in [-0.2, -0.15) is 0 Å². The van der Waals surface area contributed by atoms with Crippen molar-refractivity contribution in [2.24, 2.45) is 0 Å². The van der Waals surface area contributed by atoms with Gasteiger partial charge in [-0.05, 0) is 56.4 Å². The highest BCUT2D eigenvalue weighted by molar-refractivity contribution is 5.43. The molecule has 1 heterocycles. The summed E-state index contributed by atoms with van der Waals surface area (Å²) < 4.78 is 11.3. The first-order chi connectivity index (χ1) is 14.0. The number of methoxy groups -OCH3 is 1. The van der Waals surface area contributed by atoms with E-state index in [-0.39, 0.29) is 6.61 Å². The molecule has 0 aliphatic heterocycles. The fourth-order valence-electron chi connectivity index (χ4n) is 3.26. The first kappa shape index (κ1) is 23.1. The molecular formula is C23H35N3O3. The monoisotopic (exact) mass is 401 g/mol. The summed E-state index contributed by atoms with van der Waals surface area (Å²) in [5.41, 5.74) is 3.42. The van der Waals surface area contributed by atoms with E-state index in [0.29, 0.717) is 18.0 Å². The van der Waals surface area contributed by atoms with E-state index in [1.54, 1.807) is 7.11 Å². The largest absolute Gasteiger partial charge is 0.493 e. The molecule has 0 saturated heterocycles. The summed E-state index contributed by atoms with van der Waals surface area (Å²) >= 11 is 0. The number of nitrogens with zero attached hydrogens (tertiary/aromatic N) is 3. The smallest absolute Gasteiger partial charge is 0.161 e. The lowest BCUT2D eigenvalue weighted by atomic mass is 10.1.